The number of hydrogen-bond acceptors (Lipinski definition) is 4. The van der Waals surface area contributed by atoms with Gasteiger partial charge in [-0.1, -0.05) is 6.07 Å². The number of alkyl halides is 2. The lowest BCUT2D eigenvalue weighted by Gasteiger charge is -2.39. The van der Waals surface area contributed by atoms with Crippen LogP contribution in [-0.2, 0) is 4.74 Å². The Bertz CT molecular complexity index is 722. The summed E-state index contributed by atoms with van der Waals surface area (Å²) in [6, 6.07) is 2.73. The molecule has 2 heterocycles. The smallest absolute Gasteiger partial charge is 0.407 e. The molecule has 2 rings (SSSR count). The summed E-state index contributed by atoms with van der Waals surface area (Å²) < 4.78 is 33.5. The molecule has 0 aromatic carbocycles. The number of aromatic nitrogens is 1. The lowest BCUT2D eigenvalue weighted by molar-refractivity contribution is -0.0792. The van der Waals surface area contributed by atoms with Crippen LogP contribution in [0, 0.1) is 6.92 Å². The Kier molecular flexibility index (Phi) is 6.44. The van der Waals surface area contributed by atoms with Crippen molar-refractivity contribution in [3.05, 3.63) is 28.0 Å². The molecule has 0 spiro atoms. The number of ether oxygens (including phenoxy) is 1. The Labute approximate surface area is 165 Å². The zero-order chi connectivity index (χ0) is 20.4. The molecule has 0 bridgehead atoms. The zero-order valence-electron chi connectivity index (χ0n) is 15.8. The highest BCUT2D eigenvalue weighted by Crippen LogP contribution is 2.31. The van der Waals surface area contributed by atoms with Gasteiger partial charge < -0.3 is 15.0 Å². The number of likely N-dealkylation sites (tertiary alicyclic amines) is 1. The Hall–Kier alpha value is -1.77. The van der Waals surface area contributed by atoms with E-state index in [2.05, 4.69) is 26.2 Å². The van der Waals surface area contributed by atoms with E-state index in [0.717, 1.165) is 4.90 Å². The number of hydrogen-bond donors (Lipinski definition) is 1. The van der Waals surface area contributed by atoms with Gasteiger partial charge in [0.25, 0.3) is 11.8 Å². The van der Waals surface area contributed by atoms with E-state index in [0.29, 0.717) is 10.2 Å². The van der Waals surface area contributed by atoms with Crippen LogP contribution >= 0.6 is 15.9 Å². The summed E-state index contributed by atoms with van der Waals surface area (Å²) in [5.74, 6) is -3.59. The number of aryl methyl sites for hydroxylation is 1. The predicted molar refractivity (Wildman–Crippen MR) is 99.9 cm³/mol. The van der Waals surface area contributed by atoms with E-state index in [-0.39, 0.29) is 25.1 Å². The molecule has 0 saturated carbocycles. The van der Waals surface area contributed by atoms with Crippen molar-refractivity contribution in [2.24, 2.45) is 0 Å². The van der Waals surface area contributed by atoms with Crippen LogP contribution in [0.2, 0.25) is 0 Å². The SMILES string of the molecule is Cc1ccc(Br)nc1C(=O)N1CC(F)(F)CCC1COC(=O)NC(C)(C)C. The van der Waals surface area contributed by atoms with Crippen molar-refractivity contribution in [1.29, 1.82) is 0 Å². The fourth-order valence-electron chi connectivity index (χ4n) is 2.77. The third-order valence-electron chi connectivity index (χ3n) is 4.10. The van der Waals surface area contributed by atoms with E-state index in [1.165, 1.54) is 0 Å². The lowest BCUT2D eigenvalue weighted by Crippen LogP contribution is -2.54. The van der Waals surface area contributed by atoms with Gasteiger partial charge >= 0.3 is 6.09 Å². The molecule has 1 aliphatic heterocycles. The quantitative estimate of drug-likeness (QED) is 0.712. The van der Waals surface area contributed by atoms with Crippen LogP contribution in [0.25, 0.3) is 0 Å². The predicted octanol–water partition coefficient (Wildman–Crippen LogP) is 3.92. The number of alkyl carbamates (subject to hydrolysis) is 1. The van der Waals surface area contributed by atoms with Crippen LogP contribution in [-0.4, -0.2) is 52.5 Å². The maximum Gasteiger partial charge on any atom is 0.407 e. The molecule has 1 fully saturated rings. The van der Waals surface area contributed by atoms with Crippen molar-refractivity contribution in [3.63, 3.8) is 0 Å². The monoisotopic (exact) mass is 447 g/mol. The van der Waals surface area contributed by atoms with Gasteiger partial charge in [0.05, 0.1) is 12.6 Å². The largest absolute Gasteiger partial charge is 0.447 e. The molecule has 1 aromatic heterocycles. The Morgan fingerprint density at radius 3 is 2.70 bits per heavy atom. The van der Waals surface area contributed by atoms with Gasteiger partial charge in [-0.3, -0.25) is 4.79 Å². The first-order chi connectivity index (χ1) is 12.4. The van der Waals surface area contributed by atoms with Gasteiger partial charge in [0.15, 0.2) is 0 Å². The average Bonchev–Trinajstić information content (AvgIpc) is 2.53. The summed E-state index contributed by atoms with van der Waals surface area (Å²) in [7, 11) is 0. The first kappa shape index (κ1) is 21.5. The summed E-state index contributed by atoms with van der Waals surface area (Å²) in [5, 5.41) is 2.64. The van der Waals surface area contributed by atoms with E-state index in [1.807, 2.05) is 0 Å². The number of amides is 2. The third-order valence-corrected chi connectivity index (χ3v) is 4.54. The van der Waals surface area contributed by atoms with Gasteiger partial charge in [0.2, 0.25) is 0 Å². The standard InChI is InChI=1S/C18H24BrF2N3O3/c1-11-5-6-13(19)22-14(11)15(25)24-10-18(20,21)8-7-12(24)9-27-16(26)23-17(2,3)4/h5-6,12H,7-10H2,1-4H3,(H,23,26). The van der Waals surface area contributed by atoms with E-state index in [4.69, 9.17) is 4.74 Å². The first-order valence-electron chi connectivity index (χ1n) is 8.65. The molecular weight excluding hydrogens is 424 g/mol. The van der Waals surface area contributed by atoms with Gasteiger partial charge in [0, 0.05) is 12.0 Å². The van der Waals surface area contributed by atoms with Crippen LogP contribution in [0.1, 0.15) is 49.7 Å². The van der Waals surface area contributed by atoms with Gasteiger partial charge in [-0.15, -0.1) is 0 Å². The molecule has 1 aromatic rings. The molecule has 1 saturated heterocycles. The number of nitrogens with zero attached hydrogens (tertiary/aromatic N) is 2. The summed E-state index contributed by atoms with van der Waals surface area (Å²) in [6.45, 7) is 6.20. The first-order valence-corrected chi connectivity index (χ1v) is 9.44. The van der Waals surface area contributed by atoms with Crippen LogP contribution in [0.5, 0.6) is 0 Å². The number of pyridine rings is 1. The second-order valence-corrected chi connectivity index (χ2v) is 8.57. The fourth-order valence-corrected chi connectivity index (χ4v) is 3.08. The number of carbonyl (C=O) groups excluding carboxylic acids is 2. The number of halogens is 3. The molecule has 1 atom stereocenters. The Balaban J connectivity index is 2.16. The average molecular weight is 448 g/mol. The Morgan fingerprint density at radius 2 is 2.07 bits per heavy atom. The van der Waals surface area contributed by atoms with E-state index in [1.54, 1.807) is 39.8 Å². The second-order valence-electron chi connectivity index (χ2n) is 7.75. The summed E-state index contributed by atoms with van der Waals surface area (Å²) in [6.07, 6.45) is -0.977. The topological polar surface area (TPSA) is 71.5 Å². The van der Waals surface area contributed by atoms with Crippen molar-refractivity contribution in [2.75, 3.05) is 13.2 Å². The molecule has 0 aliphatic carbocycles. The van der Waals surface area contributed by atoms with Gasteiger partial charge in [-0.25, -0.2) is 18.6 Å². The number of rotatable bonds is 3. The molecule has 150 valence electrons. The van der Waals surface area contributed by atoms with Gasteiger partial charge in [-0.2, -0.15) is 0 Å². The molecule has 2 amide bonds. The highest BCUT2D eigenvalue weighted by Gasteiger charge is 2.43. The highest BCUT2D eigenvalue weighted by atomic mass is 79.9. The van der Waals surface area contributed by atoms with Gasteiger partial charge in [0.1, 0.15) is 16.9 Å². The van der Waals surface area contributed by atoms with Crippen LogP contribution in [0.15, 0.2) is 16.7 Å². The van der Waals surface area contributed by atoms with E-state index in [9.17, 15) is 18.4 Å². The molecule has 1 aliphatic rings. The molecule has 6 nitrogen and oxygen atoms in total. The highest BCUT2D eigenvalue weighted by molar-refractivity contribution is 9.10. The third kappa shape index (κ3) is 6.12. The van der Waals surface area contributed by atoms with Crippen molar-refractivity contribution in [1.82, 2.24) is 15.2 Å². The van der Waals surface area contributed by atoms with Crippen molar-refractivity contribution in [2.45, 2.75) is 58.0 Å². The van der Waals surface area contributed by atoms with E-state index < -0.39 is 36.0 Å². The van der Waals surface area contributed by atoms with Crippen LogP contribution in [0.4, 0.5) is 13.6 Å². The number of nitrogens with one attached hydrogen (secondary N) is 1. The Morgan fingerprint density at radius 1 is 1.41 bits per heavy atom. The summed E-state index contributed by atoms with van der Waals surface area (Å²) in [4.78, 5) is 30.0. The molecule has 1 unspecified atom stereocenters. The fraction of sp³-hybridized carbons (Fsp3) is 0.611. The lowest BCUT2D eigenvalue weighted by atomic mass is 9.98. The van der Waals surface area contributed by atoms with Crippen LogP contribution in [0.3, 0.4) is 0 Å². The minimum Gasteiger partial charge on any atom is -0.447 e. The maximum atomic E-state index is 14.0. The summed E-state index contributed by atoms with van der Waals surface area (Å²) in [5.41, 5.74) is 0.206. The zero-order valence-corrected chi connectivity index (χ0v) is 17.4. The van der Waals surface area contributed by atoms with Crippen molar-refractivity contribution < 1.29 is 23.1 Å². The number of piperidine rings is 1. The molecule has 0 radical (unpaired) electrons. The molecule has 1 N–H and O–H groups in total. The second kappa shape index (κ2) is 8.08. The van der Waals surface area contributed by atoms with E-state index >= 15 is 0 Å². The normalized spacial score (nSPS) is 19.5. The summed E-state index contributed by atoms with van der Waals surface area (Å²) >= 11 is 3.20. The van der Waals surface area contributed by atoms with Crippen LogP contribution < -0.4 is 5.32 Å². The molecular formula is C18H24BrF2N3O3. The number of carbonyl (C=O) groups is 2. The van der Waals surface area contributed by atoms with Crippen molar-refractivity contribution >= 4 is 27.9 Å². The molecule has 9 heteroatoms. The maximum absolute atomic E-state index is 14.0. The minimum absolute atomic E-state index is 0.0363. The van der Waals surface area contributed by atoms with Gasteiger partial charge in [-0.05, 0) is 61.7 Å². The van der Waals surface area contributed by atoms with Crippen molar-refractivity contribution in [3.8, 4) is 0 Å². The molecule has 27 heavy (non-hydrogen) atoms. The minimum atomic E-state index is -2.99.